The number of sulfonamides is 2. The molecule has 0 radical (unpaired) electrons. The van der Waals surface area contributed by atoms with Crippen LogP contribution in [0.2, 0.25) is 0 Å². The first-order chi connectivity index (χ1) is 14.6. The molecular formula is C21H27N3O5S2. The van der Waals surface area contributed by atoms with Crippen LogP contribution in [0.15, 0.2) is 64.4 Å². The molecule has 8 nitrogen and oxygen atoms in total. The highest BCUT2D eigenvalue weighted by Crippen LogP contribution is 2.24. The standard InChI is InChI=1S/C21H27N3O5S2/c1-23(2)30(26,27)20-12-10-17(11-13-20)15-22-21(25)18-7-6-14-24(16-18)31(28,29)19-8-4-3-5-9-19/h3-5,8-13,18H,6-7,14-16H2,1-2H3,(H,22,25)/t18-/m1/s1. The summed E-state index contributed by atoms with van der Waals surface area (Å²) in [7, 11) is -4.20. The van der Waals surface area contributed by atoms with E-state index in [0.717, 1.165) is 9.87 Å². The summed E-state index contributed by atoms with van der Waals surface area (Å²) >= 11 is 0. The van der Waals surface area contributed by atoms with Crippen molar-refractivity contribution in [2.75, 3.05) is 27.2 Å². The van der Waals surface area contributed by atoms with E-state index in [1.165, 1.54) is 30.5 Å². The van der Waals surface area contributed by atoms with E-state index >= 15 is 0 Å². The van der Waals surface area contributed by atoms with Crippen LogP contribution in [0.3, 0.4) is 0 Å². The Morgan fingerprint density at radius 1 is 1.00 bits per heavy atom. The van der Waals surface area contributed by atoms with Crippen LogP contribution in [0.4, 0.5) is 0 Å². The van der Waals surface area contributed by atoms with E-state index in [9.17, 15) is 21.6 Å². The summed E-state index contributed by atoms with van der Waals surface area (Å²) in [5.74, 6) is -0.640. The second-order valence-electron chi connectivity index (χ2n) is 7.66. The monoisotopic (exact) mass is 465 g/mol. The third-order valence-corrected chi connectivity index (χ3v) is 9.01. The molecule has 2 aromatic rings. The van der Waals surface area contributed by atoms with Crippen molar-refractivity contribution in [1.29, 1.82) is 0 Å². The third-order valence-electron chi connectivity index (χ3n) is 5.30. The Kier molecular flexibility index (Phi) is 7.15. The molecule has 1 atom stereocenters. The third kappa shape index (κ3) is 5.32. The summed E-state index contributed by atoms with van der Waals surface area (Å²) in [6, 6.07) is 14.5. The number of hydrogen-bond donors (Lipinski definition) is 1. The summed E-state index contributed by atoms with van der Waals surface area (Å²) in [6.07, 6.45) is 1.23. The Morgan fingerprint density at radius 2 is 1.65 bits per heavy atom. The quantitative estimate of drug-likeness (QED) is 0.670. The van der Waals surface area contributed by atoms with Gasteiger partial charge < -0.3 is 5.32 Å². The average molecular weight is 466 g/mol. The molecule has 1 amide bonds. The number of nitrogens with one attached hydrogen (secondary N) is 1. The smallest absolute Gasteiger partial charge is 0.243 e. The minimum absolute atomic E-state index is 0.142. The maximum atomic E-state index is 12.8. The lowest BCUT2D eigenvalue weighted by atomic mass is 9.99. The zero-order valence-electron chi connectivity index (χ0n) is 17.6. The number of hydrogen-bond acceptors (Lipinski definition) is 5. The normalized spacial score (nSPS) is 18.1. The number of carbonyl (C=O) groups is 1. The van der Waals surface area contributed by atoms with E-state index < -0.39 is 26.0 Å². The lowest BCUT2D eigenvalue weighted by molar-refractivity contribution is -0.126. The van der Waals surface area contributed by atoms with Crippen LogP contribution in [0.25, 0.3) is 0 Å². The van der Waals surface area contributed by atoms with Crippen LogP contribution in [0.5, 0.6) is 0 Å². The van der Waals surface area contributed by atoms with Gasteiger partial charge in [0, 0.05) is 33.7 Å². The predicted octanol–water partition coefficient (Wildman–Crippen LogP) is 1.65. The van der Waals surface area contributed by atoms with Gasteiger partial charge in [0.25, 0.3) is 0 Å². The van der Waals surface area contributed by atoms with Gasteiger partial charge in [-0.05, 0) is 42.7 Å². The van der Waals surface area contributed by atoms with Crippen LogP contribution in [0, 0.1) is 5.92 Å². The van der Waals surface area contributed by atoms with Gasteiger partial charge in [0.2, 0.25) is 26.0 Å². The van der Waals surface area contributed by atoms with Gasteiger partial charge in [-0.1, -0.05) is 30.3 Å². The molecule has 168 valence electrons. The fourth-order valence-electron chi connectivity index (χ4n) is 3.44. The van der Waals surface area contributed by atoms with Crippen molar-refractivity contribution in [1.82, 2.24) is 13.9 Å². The van der Waals surface area contributed by atoms with E-state index in [-0.39, 0.29) is 28.8 Å². The van der Waals surface area contributed by atoms with Crippen LogP contribution < -0.4 is 5.32 Å². The Labute approximate surface area is 184 Å². The first-order valence-electron chi connectivity index (χ1n) is 9.97. The molecule has 0 unspecified atom stereocenters. The highest BCUT2D eigenvalue weighted by atomic mass is 32.2. The van der Waals surface area contributed by atoms with Crippen molar-refractivity contribution >= 4 is 26.0 Å². The first-order valence-corrected chi connectivity index (χ1v) is 12.8. The van der Waals surface area contributed by atoms with Crippen LogP contribution in [-0.2, 0) is 31.4 Å². The van der Waals surface area contributed by atoms with Gasteiger partial charge in [-0.3, -0.25) is 4.79 Å². The zero-order chi connectivity index (χ0) is 22.6. The van der Waals surface area contributed by atoms with Crippen molar-refractivity contribution in [2.45, 2.75) is 29.2 Å². The van der Waals surface area contributed by atoms with E-state index in [4.69, 9.17) is 0 Å². The molecule has 0 bridgehead atoms. The van der Waals surface area contributed by atoms with Gasteiger partial charge in [-0.25, -0.2) is 21.1 Å². The number of rotatable bonds is 7. The lowest BCUT2D eigenvalue weighted by Crippen LogP contribution is -2.45. The van der Waals surface area contributed by atoms with Crippen LogP contribution >= 0.6 is 0 Å². The van der Waals surface area contributed by atoms with E-state index in [1.807, 2.05) is 0 Å². The zero-order valence-corrected chi connectivity index (χ0v) is 19.2. The molecular weight excluding hydrogens is 438 g/mol. The fourth-order valence-corrected chi connectivity index (χ4v) is 5.89. The number of piperidine rings is 1. The summed E-state index contributed by atoms with van der Waals surface area (Å²) in [5, 5.41) is 2.84. The highest BCUT2D eigenvalue weighted by molar-refractivity contribution is 7.89. The van der Waals surface area contributed by atoms with Crippen molar-refractivity contribution < 1.29 is 21.6 Å². The van der Waals surface area contributed by atoms with Crippen LogP contribution in [-0.4, -0.2) is 58.5 Å². The summed E-state index contributed by atoms with van der Waals surface area (Å²) in [4.78, 5) is 13.1. The second-order valence-corrected chi connectivity index (χ2v) is 11.8. The Balaban J connectivity index is 1.61. The fraction of sp³-hybridized carbons (Fsp3) is 0.381. The molecule has 1 heterocycles. The number of nitrogens with zero attached hydrogens (tertiary/aromatic N) is 2. The lowest BCUT2D eigenvalue weighted by Gasteiger charge is -2.31. The highest BCUT2D eigenvalue weighted by Gasteiger charge is 2.33. The van der Waals surface area contributed by atoms with Crippen molar-refractivity contribution in [2.24, 2.45) is 5.92 Å². The predicted molar refractivity (Wildman–Crippen MR) is 117 cm³/mol. The number of benzene rings is 2. The molecule has 1 saturated heterocycles. The maximum Gasteiger partial charge on any atom is 0.243 e. The average Bonchev–Trinajstić information content (AvgIpc) is 2.78. The maximum absolute atomic E-state index is 12.8. The molecule has 31 heavy (non-hydrogen) atoms. The molecule has 0 spiro atoms. The van der Waals surface area contributed by atoms with Gasteiger partial charge >= 0.3 is 0 Å². The minimum atomic E-state index is -3.63. The van der Waals surface area contributed by atoms with Crippen molar-refractivity contribution in [3.8, 4) is 0 Å². The first kappa shape index (κ1) is 23.4. The molecule has 1 N–H and O–H groups in total. The van der Waals surface area contributed by atoms with Crippen molar-refractivity contribution in [3.63, 3.8) is 0 Å². The molecule has 2 aromatic carbocycles. The molecule has 0 aliphatic carbocycles. The Hall–Kier alpha value is -2.27. The number of amides is 1. The van der Waals surface area contributed by atoms with Gasteiger partial charge in [0.05, 0.1) is 15.7 Å². The summed E-state index contributed by atoms with van der Waals surface area (Å²) in [6.45, 7) is 0.773. The molecule has 3 rings (SSSR count). The van der Waals surface area contributed by atoms with Gasteiger partial charge in [0.15, 0.2) is 0 Å². The van der Waals surface area contributed by atoms with Crippen LogP contribution in [0.1, 0.15) is 18.4 Å². The molecule has 1 aliphatic rings. The van der Waals surface area contributed by atoms with Crippen molar-refractivity contribution in [3.05, 3.63) is 60.2 Å². The minimum Gasteiger partial charge on any atom is -0.352 e. The SMILES string of the molecule is CN(C)S(=O)(=O)c1ccc(CNC(=O)[C@@H]2CCCN(S(=O)(=O)c3ccccc3)C2)cc1. The Bertz CT molecular complexity index is 1120. The van der Waals surface area contributed by atoms with E-state index in [2.05, 4.69) is 5.32 Å². The molecule has 10 heteroatoms. The summed E-state index contributed by atoms with van der Waals surface area (Å²) in [5.41, 5.74) is 0.760. The number of carbonyl (C=O) groups excluding carboxylic acids is 1. The molecule has 0 saturated carbocycles. The largest absolute Gasteiger partial charge is 0.352 e. The Morgan fingerprint density at radius 3 is 2.26 bits per heavy atom. The molecule has 0 aromatic heterocycles. The van der Waals surface area contributed by atoms with E-state index in [0.29, 0.717) is 19.4 Å². The van der Waals surface area contributed by atoms with E-state index in [1.54, 1.807) is 42.5 Å². The topological polar surface area (TPSA) is 104 Å². The second kappa shape index (κ2) is 9.47. The molecule has 1 aliphatic heterocycles. The van der Waals surface area contributed by atoms with Gasteiger partial charge in [-0.15, -0.1) is 0 Å². The summed E-state index contributed by atoms with van der Waals surface area (Å²) < 4.78 is 52.5. The van der Waals surface area contributed by atoms with Gasteiger partial charge in [0.1, 0.15) is 0 Å². The van der Waals surface area contributed by atoms with Gasteiger partial charge in [-0.2, -0.15) is 4.31 Å². The molecule has 1 fully saturated rings.